The molecule has 0 saturated heterocycles. The number of rotatable bonds is 7. The average molecular weight is 502 g/mol. The zero-order valence-corrected chi connectivity index (χ0v) is 20.9. The predicted molar refractivity (Wildman–Crippen MR) is 137 cm³/mol. The van der Waals surface area contributed by atoms with E-state index in [4.69, 9.17) is 9.47 Å². The van der Waals surface area contributed by atoms with Gasteiger partial charge in [0.15, 0.2) is 0 Å². The Morgan fingerprint density at radius 1 is 0.865 bits per heavy atom. The van der Waals surface area contributed by atoms with Gasteiger partial charge in [-0.15, -0.1) is 0 Å². The highest BCUT2D eigenvalue weighted by atomic mass is 16.6. The third kappa shape index (κ3) is 6.46. The fourth-order valence-corrected chi connectivity index (χ4v) is 4.36. The van der Waals surface area contributed by atoms with E-state index in [1.54, 1.807) is 45.0 Å². The van der Waals surface area contributed by atoms with Gasteiger partial charge < -0.3 is 24.7 Å². The van der Waals surface area contributed by atoms with Crippen LogP contribution in [-0.4, -0.2) is 36.4 Å². The van der Waals surface area contributed by atoms with E-state index in [1.807, 2.05) is 48.5 Å². The van der Waals surface area contributed by atoms with E-state index >= 15 is 0 Å². The van der Waals surface area contributed by atoms with Crippen molar-refractivity contribution in [3.63, 3.8) is 0 Å². The van der Waals surface area contributed by atoms with E-state index in [-0.39, 0.29) is 18.9 Å². The van der Waals surface area contributed by atoms with Gasteiger partial charge in [-0.1, -0.05) is 60.7 Å². The lowest BCUT2D eigenvalue weighted by molar-refractivity contribution is -0.308. The number of anilines is 1. The maximum atomic E-state index is 12.5. The van der Waals surface area contributed by atoms with Crippen molar-refractivity contribution in [2.75, 3.05) is 11.9 Å². The smallest absolute Gasteiger partial charge is 0.412 e. The molecule has 0 bridgehead atoms. The van der Waals surface area contributed by atoms with Gasteiger partial charge in [-0.25, -0.2) is 9.59 Å². The molecular weight excluding hydrogens is 472 g/mol. The number of carbonyl (C=O) groups is 3. The molecule has 0 aliphatic heterocycles. The number of fused-ring (bicyclic) bond motifs is 3. The summed E-state index contributed by atoms with van der Waals surface area (Å²) < 4.78 is 10.7. The van der Waals surface area contributed by atoms with Gasteiger partial charge in [0.05, 0.1) is 12.0 Å². The summed E-state index contributed by atoms with van der Waals surface area (Å²) >= 11 is 0. The number of amides is 2. The van der Waals surface area contributed by atoms with Crippen LogP contribution >= 0.6 is 0 Å². The Kier molecular flexibility index (Phi) is 7.47. The molecule has 0 aromatic heterocycles. The molecule has 192 valence electrons. The first kappa shape index (κ1) is 25.8. The first-order valence-corrected chi connectivity index (χ1v) is 12.0. The van der Waals surface area contributed by atoms with Crippen LogP contribution < -0.4 is 15.7 Å². The van der Waals surface area contributed by atoms with Crippen LogP contribution in [0.2, 0.25) is 0 Å². The number of ether oxygens (including phenoxy) is 2. The fraction of sp³-hybridized carbons (Fsp3) is 0.276. The van der Waals surface area contributed by atoms with Crippen LogP contribution in [0.25, 0.3) is 11.1 Å². The van der Waals surface area contributed by atoms with Crippen molar-refractivity contribution < 1.29 is 29.0 Å². The Labute approximate surface area is 215 Å². The minimum absolute atomic E-state index is 0.0146. The van der Waals surface area contributed by atoms with E-state index < -0.39 is 29.8 Å². The van der Waals surface area contributed by atoms with Gasteiger partial charge >= 0.3 is 12.2 Å². The van der Waals surface area contributed by atoms with Crippen LogP contribution in [0.4, 0.5) is 15.3 Å². The molecule has 2 amide bonds. The Hall–Kier alpha value is -4.33. The second-order valence-corrected chi connectivity index (χ2v) is 9.87. The van der Waals surface area contributed by atoms with Gasteiger partial charge in [0.25, 0.3) is 0 Å². The molecule has 1 aliphatic rings. The van der Waals surface area contributed by atoms with Crippen molar-refractivity contribution >= 4 is 23.8 Å². The van der Waals surface area contributed by atoms with Gasteiger partial charge in [0, 0.05) is 11.6 Å². The summed E-state index contributed by atoms with van der Waals surface area (Å²) in [5.41, 5.74) is 4.82. The molecule has 0 heterocycles. The molecular formula is C29H29N2O6-. The highest BCUT2D eigenvalue weighted by Gasteiger charge is 2.29. The van der Waals surface area contributed by atoms with Crippen LogP contribution in [0.3, 0.4) is 0 Å². The third-order valence-corrected chi connectivity index (χ3v) is 5.96. The Bertz CT molecular complexity index is 1250. The SMILES string of the molecule is CC(C)(C)OC(=O)Nc1ccc(C[C@@H](NC(=O)OCC2c3ccccc3-c3ccccc32)C(=O)[O-])cc1. The summed E-state index contributed by atoms with van der Waals surface area (Å²) in [4.78, 5) is 36.2. The largest absolute Gasteiger partial charge is 0.548 e. The van der Waals surface area contributed by atoms with E-state index in [0.717, 1.165) is 22.3 Å². The number of carboxylic acids is 1. The van der Waals surface area contributed by atoms with Crippen LogP contribution in [0.15, 0.2) is 72.8 Å². The molecule has 8 heteroatoms. The molecule has 1 atom stereocenters. The van der Waals surface area contributed by atoms with E-state index in [9.17, 15) is 19.5 Å². The number of aliphatic carboxylic acids is 1. The lowest BCUT2D eigenvalue weighted by atomic mass is 9.98. The number of hydrogen-bond donors (Lipinski definition) is 2. The van der Waals surface area contributed by atoms with Crippen LogP contribution in [0.1, 0.15) is 43.4 Å². The van der Waals surface area contributed by atoms with Crippen LogP contribution in [0.5, 0.6) is 0 Å². The molecule has 0 fully saturated rings. The Morgan fingerprint density at radius 3 is 1.97 bits per heavy atom. The zero-order chi connectivity index (χ0) is 26.6. The highest BCUT2D eigenvalue weighted by Crippen LogP contribution is 2.44. The van der Waals surface area contributed by atoms with E-state index in [1.165, 1.54) is 0 Å². The second kappa shape index (κ2) is 10.7. The summed E-state index contributed by atoms with van der Waals surface area (Å²) in [6.45, 7) is 5.36. The lowest BCUT2D eigenvalue weighted by Crippen LogP contribution is -2.49. The monoisotopic (exact) mass is 501 g/mol. The molecule has 3 aromatic rings. The maximum Gasteiger partial charge on any atom is 0.412 e. The summed E-state index contributed by atoms with van der Waals surface area (Å²) in [6.07, 6.45) is -1.44. The number of nitrogens with one attached hydrogen (secondary N) is 2. The standard InChI is InChI=1S/C29H30N2O6/c1-29(2,3)37-28(35)30-19-14-12-18(13-15-19)16-25(26(32)33)31-27(34)36-17-24-22-10-6-4-8-20(22)21-9-5-7-11-23(21)24/h4-15,24-25H,16-17H2,1-3H3,(H,30,35)(H,31,34)(H,32,33)/p-1/t25-/m1/s1. The number of carboxylic acid groups (broad SMARTS) is 1. The average Bonchev–Trinajstić information content (AvgIpc) is 3.16. The molecule has 1 aliphatic carbocycles. The molecule has 0 spiro atoms. The molecule has 4 rings (SSSR count). The molecule has 0 saturated carbocycles. The first-order valence-electron chi connectivity index (χ1n) is 12.0. The number of alkyl carbamates (subject to hydrolysis) is 1. The molecule has 3 aromatic carbocycles. The molecule has 8 nitrogen and oxygen atoms in total. The molecule has 37 heavy (non-hydrogen) atoms. The van der Waals surface area contributed by atoms with Crippen molar-refractivity contribution in [2.24, 2.45) is 0 Å². The second-order valence-electron chi connectivity index (χ2n) is 9.87. The Balaban J connectivity index is 1.34. The van der Waals surface area contributed by atoms with Crippen LogP contribution in [0, 0.1) is 0 Å². The van der Waals surface area contributed by atoms with Gasteiger partial charge in [0.1, 0.15) is 12.2 Å². The molecule has 0 unspecified atom stereocenters. The Morgan fingerprint density at radius 2 is 1.43 bits per heavy atom. The number of hydrogen-bond acceptors (Lipinski definition) is 6. The van der Waals surface area contributed by atoms with Crippen molar-refractivity contribution in [1.82, 2.24) is 5.32 Å². The van der Waals surface area contributed by atoms with Gasteiger partial charge in [-0.3, -0.25) is 5.32 Å². The maximum absolute atomic E-state index is 12.5. The lowest BCUT2D eigenvalue weighted by Gasteiger charge is -2.21. The minimum atomic E-state index is -1.43. The van der Waals surface area contributed by atoms with E-state index in [2.05, 4.69) is 10.6 Å². The number of carbonyl (C=O) groups excluding carboxylic acids is 3. The van der Waals surface area contributed by atoms with E-state index in [0.29, 0.717) is 11.3 Å². The van der Waals surface area contributed by atoms with Crippen molar-refractivity contribution in [1.29, 1.82) is 0 Å². The molecule has 2 N–H and O–H groups in total. The normalized spacial score (nSPS) is 13.2. The van der Waals surface area contributed by atoms with Gasteiger partial charge in [-0.2, -0.15) is 0 Å². The topological polar surface area (TPSA) is 117 Å². The zero-order valence-electron chi connectivity index (χ0n) is 20.9. The summed E-state index contributed by atoms with van der Waals surface area (Å²) in [5, 5.41) is 16.7. The minimum Gasteiger partial charge on any atom is -0.548 e. The van der Waals surface area contributed by atoms with Crippen molar-refractivity contribution in [2.45, 2.75) is 44.8 Å². The van der Waals surface area contributed by atoms with Gasteiger partial charge in [0.2, 0.25) is 0 Å². The van der Waals surface area contributed by atoms with Crippen molar-refractivity contribution in [3.05, 3.63) is 89.5 Å². The fourth-order valence-electron chi connectivity index (χ4n) is 4.36. The highest BCUT2D eigenvalue weighted by molar-refractivity contribution is 5.85. The predicted octanol–water partition coefficient (Wildman–Crippen LogP) is 4.23. The summed E-state index contributed by atoms with van der Waals surface area (Å²) in [7, 11) is 0. The van der Waals surface area contributed by atoms with Crippen LogP contribution in [-0.2, 0) is 20.7 Å². The molecule has 0 radical (unpaired) electrons. The first-order chi connectivity index (χ1) is 17.6. The summed E-state index contributed by atoms with van der Waals surface area (Å²) in [6, 6.07) is 21.2. The van der Waals surface area contributed by atoms with Gasteiger partial charge in [-0.05, 0) is 67.1 Å². The number of benzene rings is 3. The quantitative estimate of drug-likeness (QED) is 0.500. The third-order valence-electron chi connectivity index (χ3n) is 5.96. The van der Waals surface area contributed by atoms with Crippen molar-refractivity contribution in [3.8, 4) is 11.1 Å². The summed E-state index contributed by atoms with van der Waals surface area (Å²) in [5.74, 6) is -1.56.